The highest BCUT2D eigenvalue weighted by Gasteiger charge is 2.20. The van der Waals surface area contributed by atoms with Crippen molar-refractivity contribution in [3.63, 3.8) is 0 Å². The summed E-state index contributed by atoms with van der Waals surface area (Å²) in [6, 6.07) is 8.77. The van der Waals surface area contributed by atoms with E-state index in [-0.39, 0.29) is 0 Å². The molecule has 0 spiro atoms. The first kappa shape index (κ1) is 13.0. The highest BCUT2D eigenvalue weighted by molar-refractivity contribution is 5.96. The van der Waals surface area contributed by atoms with E-state index in [9.17, 15) is 0 Å². The minimum atomic E-state index is 1.19. The van der Waals surface area contributed by atoms with Gasteiger partial charge in [-0.05, 0) is 11.6 Å². The van der Waals surface area contributed by atoms with Crippen molar-refractivity contribution in [2.24, 2.45) is 0 Å². The standard InChI is InChI=1S/C13H18N.C2H6/c1-3-9-14-10-8-12-6-4-5-7-13(12)11(14)2;1-2/h4-7H,3,8-10H2,1-2H3;1-2H3/q+1;. The Morgan fingerprint density at radius 2 is 1.88 bits per heavy atom. The Labute approximate surface area is 99.8 Å². The number of nitrogens with zero attached hydrogens (tertiary/aromatic N) is 1. The fraction of sp³-hybridized carbons (Fsp3) is 0.533. The maximum Gasteiger partial charge on any atom is 0.180 e. The summed E-state index contributed by atoms with van der Waals surface area (Å²) in [7, 11) is 0. The highest BCUT2D eigenvalue weighted by atomic mass is 15.0. The SMILES string of the molecule is CC.CCC[N+]1=C(C)c2ccccc2CC1. The molecule has 88 valence electrons. The number of fused-ring (bicyclic) bond motifs is 1. The zero-order valence-electron chi connectivity index (χ0n) is 11.1. The van der Waals surface area contributed by atoms with Crippen LogP contribution in [0, 0.1) is 0 Å². The maximum atomic E-state index is 2.50. The zero-order chi connectivity index (χ0) is 12.0. The normalized spacial score (nSPS) is 14.0. The summed E-state index contributed by atoms with van der Waals surface area (Å²) >= 11 is 0. The van der Waals surface area contributed by atoms with Crippen molar-refractivity contribution in [3.05, 3.63) is 35.4 Å². The van der Waals surface area contributed by atoms with Crippen LogP contribution < -0.4 is 0 Å². The quantitative estimate of drug-likeness (QED) is 0.668. The molecule has 0 saturated heterocycles. The molecule has 1 aromatic carbocycles. The Balaban J connectivity index is 0.000000606. The third kappa shape index (κ3) is 2.72. The van der Waals surface area contributed by atoms with Crippen LogP contribution in [0.25, 0.3) is 0 Å². The third-order valence-electron chi connectivity index (χ3n) is 3.03. The summed E-state index contributed by atoms with van der Waals surface area (Å²) in [4.78, 5) is 0. The Morgan fingerprint density at radius 1 is 1.19 bits per heavy atom. The number of benzene rings is 1. The van der Waals surface area contributed by atoms with Gasteiger partial charge in [0, 0.05) is 25.3 Å². The van der Waals surface area contributed by atoms with E-state index in [2.05, 4.69) is 42.7 Å². The van der Waals surface area contributed by atoms with Gasteiger partial charge >= 0.3 is 0 Å². The summed E-state index contributed by atoms with van der Waals surface area (Å²) in [5.41, 5.74) is 4.42. The molecule has 1 heteroatoms. The van der Waals surface area contributed by atoms with E-state index in [0.29, 0.717) is 0 Å². The molecule has 0 aromatic heterocycles. The predicted molar refractivity (Wildman–Crippen MR) is 71.6 cm³/mol. The molecule has 0 saturated carbocycles. The molecular weight excluding hydrogens is 194 g/mol. The molecule has 1 aromatic rings. The van der Waals surface area contributed by atoms with E-state index in [4.69, 9.17) is 0 Å². The van der Waals surface area contributed by atoms with Crippen LogP contribution in [0.2, 0.25) is 0 Å². The van der Waals surface area contributed by atoms with Crippen molar-refractivity contribution < 1.29 is 4.58 Å². The Hall–Kier alpha value is -1.11. The number of hydrogen-bond acceptors (Lipinski definition) is 0. The summed E-state index contributed by atoms with van der Waals surface area (Å²) in [5, 5.41) is 0. The molecule has 1 aliphatic rings. The van der Waals surface area contributed by atoms with Crippen LogP contribution in [0.15, 0.2) is 24.3 Å². The van der Waals surface area contributed by atoms with Crippen molar-refractivity contribution in [2.45, 2.75) is 40.5 Å². The average Bonchev–Trinajstić information content (AvgIpc) is 2.36. The van der Waals surface area contributed by atoms with Gasteiger partial charge in [-0.3, -0.25) is 0 Å². The Bertz CT molecular complexity index is 363. The van der Waals surface area contributed by atoms with Crippen molar-refractivity contribution >= 4 is 5.71 Å². The molecule has 0 N–H and O–H groups in total. The molecule has 16 heavy (non-hydrogen) atoms. The van der Waals surface area contributed by atoms with Crippen LogP contribution in [0.4, 0.5) is 0 Å². The number of hydrogen-bond donors (Lipinski definition) is 0. The average molecular weight is 218 g/mol. The van der Waals surface area contributed by atoms with Crippen LogP contribution in [0.3, 0.4) is 0 Å². The van der Waals surface area contributed by atoms with Crippen LogP contribution in [-0.2, 0) is 6.42 Å². The highest BCUT2D eigenvalue weighted by Crippen LogP contribution is 2.15. The van der Waals surface area contributed by atoms with Crippen molar-refractivity contribution in [1.29, 1.82) is 0 Å². The first-order valence-electron chi connectivity index (χ1n) is 6.49. The molecule has 0 bridgehead atoms. The molecule has 1 nitrogen and oxygen atoms in total. The maximum absolute atomic E-state index is 2.50. The van der Waals surface area contributed by atoms with E-state index < -0.39 is 0 Å². The van der Waals surface area contributed by atoms with Crippen LogP contribution in [0.5, 0.6) is 0 Å². The fourth-order valence-corrected chi connectivity index (χ4v) is 2.23. The molecule has 0 fully saturated rings. The smallest absolute Gasteiger partial charge is 0.180 e. The monoisotopic (exact) mass is 218 g/mol. The zero-order valence-corrected chi connectivity index (χ0v) is 11.1. The second-order valence-corrected chi connectivity index (χ2v) is 3.98. The van der Waals surface area contributed by atoms with Gasteiger partial charge in [-0.1, -0.05) is 39.0 Å². The number of rotatable bonds is 2. The lowest BCUT2D eigenvalue weighted by Gasteiger charge is -2.15. The molecule has 1 heterocycles. The van der Waals surface area contributed by atoms with Gasteiger partial charge in [0.1, 0.15) is 13.1 Å². The van der Waals surface area contributed by atoms with Gasteiger partial charge in [0.25, 0.3) is 0 Å². The largest absolute Gasteiger partial charge is 0.233 e. The molecule has 1 aliphatic heterocycles. The molecule has 0 radical (unpaired) electrons. The van der Waals surface area contributed by atoms with Gasteiger partial charge in [0.05, 0.1) is 0 Å². The van der Waals surface area contributed by atoms with Gasteiger partial charge in [-0.15, -0.1) is 0 Å². The molecule has 0 amide bonds. The lowest BCUT2D eigenvalue weighted by molar-refractivity contribution is -0.529. The van der Waals surface area contributed by atoms with E-state index in [1.54, 1.807) is 0 Å². The fourth-order valence-electron chi connectivity index (χ4n) is 2.23. The summed E-state index contributed by atoms with van der Waals surface area (Å²) in [6.45, 7) is 10.9. The van der Waals surface area contributed by atoms with Crippen LogP contribution in [-0.4, -0.2) is 23.4 Å². The second kappa shape index (κ2) is 6.47. The van der Waals surface area contributed by atoms with E-state index in [1.165, 1.54) is 42.8 Å². The summed E-state index contributed by atoms with van der Waals surface area (Å²) in [5.74, 6) is 0. The third-order valence-corrected chi connectivity index (χ3v) is 3.03. The molecule has 0 unspecified atom stereocenters. The topological polar surface area (TPSA) is 3.01 Å². The first-order chi connectivity index (χ1) is 7.83. The summed E-state index contributed by atoms with van der Waals surface area (Å²) < 4.78 is 2.50. The van der Waals surface area contributed by atoms with Crippen molar-refractivity contribution in [2.75, 3.05) is 13.1 Å². The van der Waals surface area contributed by atoms with Crippen molar-refractivity contribution in [3.8, 4) is 0 Å². The van der Waals surface area contributed by atoms with E-state index in [1.807, 2.05) is 13.8 Å². The summed E-state index contributed by atoms with van der Waals surface area (Å²) in [6.07, 6.45) is 2.44. The Morgan fingerprint density at radius 3 is 2.56 bits per heavy atom. The van der Waals surface area contributed by atoms with Gasteiger partial charge in [0.15, 0.2) is 5.71 Å². The van der Waals surface area contributed by atoms with Gasteiger partial charge in [-0.2, -0.15) is 0 Å². The van der Waals surface area contributed by atoms with Crippen LogP contribution >= 0.6 is 0 Å². The minimum Gasteiger partial charge on any atom is -0.233 e. The molecule has 0 aliphatic carbocycles. The van der Waals surface area contributed by atoms with E-state index in [0.717, 1.165) is 0 Å². The second-order valence-electron chi connectivity index (χ2n) is 3.98. The van der Waals surface area contributed by atoms with Gasteiger partial charge in [0.2, 0.25) is 0 Å². The predicted octanol–water partition coefficient (Wildman–Crippen LogP) is 3.50. The van der Waals surface area contributed by atoms with Gasteiger partial charge < -0.3 is 0 Å². The van der Waals surface area contributed by atoms with Gasteiger partial charge in [-0.25, -0.2) is 4.58 Å². The minimum absolute atomic E-state index is 1.19. The molecule has 0 atom stereocenters. The lowest BCUT2D eigenvalue weighted by Crippen LogP contribution is -2.28. The van der Waals surface area contributed by atoms with E-state index >= 15 is 0 Å². The molecule has 2 rings (SSSR count). The first-order valence-corrected chi connectivity index (χ1v) is 6.49. The van der Waals surface area contributed by atoms with Crippen LogP contribution in [0.1, 0.15) is 45.2 Å². The Kier molecular flexibility index (Phi) is 5.24. The van der Waals surface area contributed by atoms with Crippen molar-refractivity contribution in [1.82, 2.24) is 0 Å². The lowest BCUT2D eigenvalue weighted by atomic mass is 9.97. The molecular formula is C15H24N+.